The monoisotopic (exact) mass is 490 g/mol. The normalized spacial score (nSPS) is 13.9. The maximum atomic E-state index is 13.7. The average Bonchev–Trinajstić information content (AvgIpc) is 3.39. The van der Waals surface area contributed by atoms with Gasteiger partial charge >= 0.3 is 0 Å². The molecule has 1 aromatic heterocycles. The second-order valence-corrected chi connectivity index (χ2v) is 9.04. The topological polar surface area (TPSA) is 61.5 Å². The molecule has 0 spiro atoms. The van der Waals surface area contributed by atoms with Gasteiger partial charge in [-0.3, -0.25) is 9.69 Å². The Morgan fingerprint density at radius 1 is 0.865 bits per heavy atom. The minimum Gasteiger partial charge on any atom is -0.494 e. The first-order chi connectivity index (χ1) is 18.2. The third kappa shape index (κ3) is 5.13. The Morgan fingerprint density at radius 2 is 1.46 bits per heavy atom. The standard InChI is InChI=1S/C31H30N4O2/c1-2-37-28-15-13-27(14-16-28)35-18-17-26(23-32)30(35)31(36)34-21-19-33(20-22-34)29(24-9-5-3-6-10-24)25-11-7-4-8-12-25/h3-18,29H,2,19-22H2,1H3. The summed E-state index contributed by atoms with van der Waals surface area (Å²) in [6.45, 7) is 5.20. The Labute approximate surface area is 217 Å². The molecule has 5 rings (SSSR count). The molecule has 1 aliphatic heterocycles. The number of piperazine rings is 1. The molecule has 6 heteroatoms. The molecule has 186 valence electrons. The van der Waals surface area contributed by atoms with E-state index >= 15 is 0 Å². The number of ether oxygens (including phenoxy) is 1. The van der Waals surface area contributed by atoms with Crippen LogP contribution >= 0.6 is 0 Å². The Balaban J connectivity index is 1.36. The summed E-state index contributed by atoms with van der Waals surface area (Å²) in [6.07, 6.45) is 1.79. The van der Waals surface area contributed by atoms with E-state index in [4.69, 9.17) is 4.74 Å². The summed E-state index contributed by atoms with van der Waals surface area (Å²) in [5.41, 5.74) is 4.09. The van der Waals surface area contributed by atoms with Gasteiger partial charge in [0.15, 0.2) is 0 Å². The van der Waals surface area contributed by atoms with Gasteiger partial charge in [0.2, 0.25) is 0 Å². The number of amides is 1. The van der Waals surface area contributed by atoms with E-state index in [1.165, 1.54) is 11.1 Å². The first-order valence-corrected chi connectivity index (χ1v) is 12.7. The fraction of sp³-hybridized carbons (Fsp3) is 0.226. The van der Waals surface area contributed by atoms with Crippen molar-refractivity contribution in [2.24, 2.45) is 0 Å². The SMILES string of the molecule is CCOc1ccc(-n2ccc(C#N)c2C(=O)N2CCN(C(c3ccccc3)c3ccccc3)CC2)cc1. The first kappa shape index (κ1) is 24.4. The van der Waals surface area contributed by atoms with Gasteiger partial charge < -0.3 is 14.2 Å². The van der Waals surface area contributed by atoms with Gasteiger partial charge in [-0.15, -0.1) is 0 Å². The molecule has 0 radical (unpaired) electrons. The first-order valence-electron chi connectivity index (χ1n) is 12.7. The highest BCUT2D eigenvalue weighted by molar-refractivity contribution is 5.96. The van der Waals surface area contributed by atoms with Crippen LogP contribution in [0, 0.1) is 11.3 Å². The highest BCUT2D eigenvalue weighted by atomic mass is 16.5. The van der Waals surface area contributed by atoms with Gasteiger partial charge in [0, 0.05) is 38.1 Å². The molecular formula is C31H30N4O2. The zero-order valence-electron chi connectivity index (χ0n) is 21.0. The molecule has 1 saturated heterocycles. The number of benzene rings is 3. The molecule has 4 aromatic rings. The van der Waals surface area contributed by atoms with Crippen molar-refractivity contribution in [3.05, 3.63) is 120 Å². The Morgan fingerprint density at radius 3 is 2.00 bits per heavy atom. The summed E-state index contributed by atoms with van der Waals surface area (Å²) in [5.74, 6) is 0.653. The molecule has 0 N–H and O–H groups in total. The number of nitrogens with zero attached hydrogens (tertiary/aromatic N) is 4. The summed E-state index contributed by atoms with van der Waals surface area (Å²) in [6, 6.07) is 32.6. The number of aromatic nitrogens is 1. The number of hydrogen-bond acceptors (Lipinski definition) is 4. The number of carbonyl (C=O) groups is 1. The molecule has 1 aliphatic rings. The van der Waals surface area contributed by atoms with Gasteiger partial charge in [0.05, 0.1) is 18.2 Å². The lowest BCUT2D eigenvalue weighted by molar-refractivity contribution is 0.0589. The molecule has 37 heavy (non-hydrogen) atoms. The molecule has 0 bridgehead atoms. The van der Waals surface area contributed by atoms with Crippen molar-refractivity contribution in [2.75, 3.05) is 32.8 Å². The van der Waals surface area contributed by atoms with E-state index in [-0.39, 0.29) is 11.9 Å². The van der Waals surface area contributed by atoms with E-state index in [9.17, 15) is 10.1 Å². The number of hydrogen-bond donors (Lipinski definition) is 0. The van der Waals surface area contributed by atoms with Gasteiger partial charge in [-0.25, -0.2) is 0 Å². The lowest BCUT2D eigenvalue weighted by Crippen LogP contribution is -2.50. The highest BCUT2D eigenvalue weighted by Gasteiger charge is 2.30. The van der Waals surface area contributed by atoms with E-state index < -0.39 is 0 Å². The number of carbonyl (C=O) groups excluding carboxylic acids is 1. The Hall–Kier alpha value is -4.34. The molecular weight excluding hydrogens is 460 g/mol. The predicted octanol–water partition coefficient (Wildman–Crippen LogP) is 5.30. The molecule has 1 fully saturated rings. The van der Waals surface area contributed by atoms with Crippen molar-refractivity contribution in [1.82, 2.24) is 14.4 Å². The molecule has 6 nitrogen and oxygen atoms in total. The number of nitriles is 1. The van der Waals surface area contributed by atoms with E-state index in [1.807, 2.05) is 48.2 Å². The molecule has 0 saturated carbocycles. The zero-order chi connectivity index (χ0) is 25.6. The van der Waals surface area contributed by atoms with Crippen LogP contribution in [-0.4, -0.2) is 53.1 Å². The molecule has 0 atom stereocenters. The van der Waals surface area contributed by atoms with Crippen LogP contribution in [-0.2, 0) is 0 Å². The molecule has 0 unspecified atom stereocenters. The molecule has 0 aliphatic carbocycles. The van der Waals surface area contributed by atoms with Crippen molar-refractivity contribution < 1.29 is 9.53 Å². The minimum absolute atomic E-state index is 0.119. The van der Waals surface area contributed by atoms with Crippen molar-refractivity contribution in [1.29, 1.82) is 5.26 Å². The third-order valence-corrected chi connectivity index (χ3v) is 6.83. The lowest BCUT2D eigenvalue weighted by Gasteiger charge is -2.40. The third-order valence-electron chi connectivity index (χ3n) is 6.83. The van der Waals surface area contributed by atoms with Gasteiger partial charge in [-0.05, 0) is 48.4 Å². The maximum absolute atomic E-state index is 13.7. The second kappa shape index (κ2) is 11.2. The summed E-state index contributed by atoms with van der Waals surface area (Å²) in [5, 5.41) is 9.74. The van der Waals surface area contributed by atoms with Crippen LogP contribution in [0.25, 0.3) is 5.69 Å². The van der Waals surface area contributed by atoms with Gasteiger partial charge in [-0.2, -0.15) is 5.26 Å². The van der Waals surface area contributed by atoms with E-state index in [1.54, 1.807) is 16.8 Å². The number of rotatable bonds is 7. The quantitative estimate of drug-likeness (QED) is 0.353. The zero-order valence-corrected chi connectivity index (χ0v) is 21.0. The smallest absolute Gasteiger partial charge is 0.272 e. The fourth-order valence-electron chi connectivity index (χ4n) is 5.04. The minimum atomic E-state index is -0.119. The fourth-order valence-corrected chi connectivity index (χ4v) is 5.04. The average molecular weight is 491 g/mol. The van der Waals surface area contributed by atoms with E-state index in [0.717, 1.165) is 24.5 Å². The van der Waals surface area contributed by atoms with Gasteiger partial charge in [-0.1, -0.05) is 60.7 Å². The second-order valence-electron chi connectivity index (χ2n) is 9.04. The van der Waals surface area contributed by atoms with Crippen LogP contribution in [0.4, 0.5) is 0 Å². The van der Waals surface area contributed by atoms with Crippen LogP contribution in [0.2, 0.25) is 0 Å². The molecule has 1 amide bonds. The Bertz CT molecular complexity index is 1330. The predicted molar refractivity (Wildman–Crippen MR) is 144 cm³/mol. The van der Waals surface area contributed by atoms with E-state index in [0.29, 0.717) is 31.0 Å². The van der Waals surface area contributed by atoms with Crippen molar-refractivity contribution >= 4 is 5.91 Å². The summed E-state index contributed by atoms with van der Waals surface area (Å²) in [7, 11) is 0. The van der Waals surface area contributed by atoms with Crippen LogP contribution in [0.15, 0.2) is 97.2 Å². The van der Waals surface area contributed by atoms with Crippen molar-refractivity contribution in [2.45, 2.75) is 13.0 Å². The van der Waals surface area contributed by atoms with Gasteiger partial charge in [0.1, 0.15) is 17.5 Å². The van der Waals surface area contributed by atoms with Crippen molar-refractivity contribution in [3.63, 3.8) is 0 Å². The van der Waals surface area contributed by atoms with Crippen LogP contribution < -0.4 is 4.74 Å². The van der Waals surface area contributed by atoms with Crippen molar-refractivity contribution in [3.8, 4) is 17.5 Å². The summed E-state index contributed by atoms with van der Waals surface area (Å²) < 4.78 is 7.35. The Kier molecular flexibility index (Phi) is 7.34. The van der Waals surface area contributed by atoms with E-state index in [2.05, 4.69) is 59.5 Å². The van der Waals surface area contributed by atoms with Gasteiger partial charge in [0.25, 0.3) is 5.91 Å². The van der Waals surface area contributed by atoms with Crippen LogP contribution in [0.3, 0.4) is 0 Å². The lowest BCUT2D eigenvalue weighted by atomic mass is 9.96. The molecule has 3 aromatic carbocycles. The molecule has 2 heterocycles. The van der Waals surface area contributed by atoms with Crippen LogP contribution in [0.5, 0.6) is 5.75 Å². The van der Waals surface area contributed by atoms with Crippen LogP contribution in [0.1, 0.15) is 40.1 Å². The largest absolute Gasteiger partial charge is 0.494 e. The summed E-state index contributed by atoms with van der Waals surface area (Å²) >= 11 is 0. The summed E-state index contributed by atoms with van der Waals surface area (Å²) in [4.78, 5) is 18.0. The maximum Gasteiger partial charge on any atom is 0.272 e. The highest BCUT2D eigenvalue weighted by Crippen LogP contribution is 2.30.